The van der Waals surface area contributed by atoms with Crippen molar-refractivity contribution in [1.29, 1.82) is 0 Å². The predicted octanol–water partition coefficient (Wildman–Crippen LogP) is 2.70. The van der Waals surface area contributed by atoms with Crippen molar-refractivity contribution in [2.45, 2.75) is 24.8 Å². The molecule has 132 valence electrons. The second kappa shape index (κ2) is 7.73. The molecule has 0 saturated carbocycles. The second-order valence-corrected chi connectivity index (χ2v) is 8.39. The molecule has 0 saturated heterocycles. The molecule has 0 radical (unpaired) electrons. The molecule has 1 atom stereocenters. The zero-order valence-corrected chi connectivity index (χ0v) is 15.2. The van der Waals surface area contributed by atoms with Crippen molar-refractivity contribution in [3.05, 3.63) is 57.8 Å². The first-order chi connectivity index (χ1) is 11.7. The van der Waals surface area contributed by atoms with Gasteiger partial charge in [0.2, 0.25) is 10.0 Å². The highest BCUT2D eigenvalue weighted by molar-refractivity contribution is 7.89. The summed E-state index contributed by atoms with van der Waals surface area (Å²) in [6.45, 7) is 3.21. The summed E-state index contributed by atoms with van der Waals surface area (Å²) >= 11 is 1.56. The van der Waals surface area contributed by atoms with Crippen LogP contribution < -0.4 is 4.72 Å². The maximum Gasteiger partial charge on any atom is 0.321 e. The lowest BCUT2D eigenvalue weighted by Gasteiger charge is -2.10. The number of allylic oxidation sites excluding steroid dienone is 1. The Hall–Kier alpha value is -2.29. The molecule has 0 fully saturated rings. The number of hydrogen-bond acceptors (Lipinski definition) is 5. The van der Waals surface area contributed by atoms with Crippen molar-refractivity contribution in [1.82, 2.24) is 4.72 Å². The van der Waals surface area contributed by atoms with E-state index in [0.29, 0.717) is 5.56 Å². The zero-order valence-electron chi connectivity index (χ0n) is 13.6. The molecule has 25 heavy (non-hydrogen) atoms. The van der Waals surface area contributed by atoms with E-state index in [1.54, 1.807) is 17.4 Å². The third-order valence-corrected chi connectivity index (χ3v) is 5.83. The van der Waals surface area contributed by atoms with Crippen LogP contribution in [0.15, 0.2) is 47.4 Å². The summed E-state index contributed by atoms with van der Waals surface area (Å²) in [7, 11) is -3.96. The largest absolute Gasteiger partial charge is 0.480 e. The van der Waals surface area contributed by atoms with Crippen molar-refractivity contribution >= 4 is 39.2 Å². The fourth-order valence-corrected chi connectivity index (χ4v) is 3.92. The molecule has 2 aromatic rings. The van der Waals surface area contributed by atoms with Gasteiger partial charge in [0.15, 0.2) is 5.78 Å². The molecule has 6 nitrogen and oxygen atoms in total. The normalized spacial score (nSPS) is 13.0. The minimum Gasteiger partial charge on any atom is -0.480 e. The SMILES string of the molecule is Cc1ccc(/C=C/C(=O)c2ccc(S(=O)(=O)N[C@@H](C)C(=O)O)cc2)s1. The summed E-state index contributed by atoms with van der Waals surface area (Å²) in [6, 6.07) is 7.96. The van der Waals surface area contributed by atoms with Gasteiger partial charge in [0.05, 0.1) is 4.90 Å². The van der Waals surface area contributed by atoms with Crippen LogP contribution in [0.5, 0.6) is 0 Å². The van der Waals surface area contributed by atoms with Crippen LogP contribution in [0.2, 0.25) is 0 Å². The van der Waals surface area contributed by atoms with E-state index in [1.165, 1.54) is 37.3 Å². The molecule has 2 N–H and O–H groups in total. The maximum atomic E-state index is 12.1. The highest BCUT2D eigenvalue weighted by Crippen LogP contribution is 2.17. The Morgan fingerprint density at radius 1 is 1.16 bits per heavy atom. The van der Waals surface area contributed by atoms with Crippen molar-refractivity contribution in [3.63, 3.8) is 0 Å². The molecular weight excluding hydrogens is 362 g/mol. The predicted molar refractivity (Wildman–Crippen MR) is 96.3 cm³/mol. The average Bonchev–Trinajstić information content (AvgIpc) is 2.97. The Kier molecular flexibility index (Phi) is 5.89. The van der Waals surface area contributed by atoms with Gasteiger partial charge in [0.25, 0.3) is 0 Å². The van der Waals surface area contributed by atoms with E-state index >= 15 is 0 Å². The molecule has 0 aliphatic rings. The van der Waals surface area contributed by atoms with E-state index in [-0.39, 0.29) is 10.7 Å². The lowest BCUT2D eigenvalue weighted by Crippen LogP contribution is -2.38. The molecule has 0 spiro atoms. The molecule has 8 heteroatoms. The smallest absolute Gasteiger partial charge is 0.321 e. The topological polar surface area (TPSA) is 101 Å². The van der Waals surface area contributed by atoms with Crippen molar-refractivity contribution < 1.29 is 23.1 Å². The maximum absolute atomic E-state index is 12.1. The Morgan fingerprint density at radius 2 is 1.80 bits per heavy atom. The third-order valence-electron chi connectivity index (χ3n) is 3.31. The molecule has 0 aliphatic heterocycles. The van der Waals surface area contributed by atoms with Gasteiger partial charge in [0, 0.05) is 15.3 Å². The summed E-state index contributed by atoms with van der Waals surface area (Å²) in [5, 5.41) is 8.79. The lowest BCUT2D eigenvalue weighted by atomic mass is 10.1. The van der Waals surface area contributed by atoms with Crippen molar-refractivity contribution in [2.75, 3.05) is 0 Å². The third kappa shape index (κ3) is 5.09. The monoisotopic (exact) mass is 379 g/mol. The van der Waals surface area contributed by atoms with Gasteiger partial charge in [-0.1, -0.05) is 0 Å². The van der Waals surface area contributed by atoms with Crippen LogP contribution in [0, 0.1) is 6.92 Å². The number of rotatable bonds is 7. The van der Waals surface area contributed by atoms with E-state index in [9.17, 15) is 18.0 Å². The number of carbonyl (C=O) groups excluding carboxylic acids is 1. The zero-order chi connectivity index (χ0) is 18.6. The van der Waals surface area contributed by atoms with Crippen molar-refractivity contribution in [3.8, 4) is 0 Å². The molecular formula is C17H17NO5S2. The second-order valence-electron chi connectivity index (χ2n) is 5.35. The summed E-state index contributed by atoms with van der Waals surface area (Å²) < 4.78 is 26.2. The average molecular weight is 379 g/mol. The van der Waals surface area contributed by atoms with Gasteiger partial charge in [-0.05, 0) is 62.4 Å². The Morgan fingerprint density at radius 3 is 2.32 bits per heavy atom. The van der Waals surface area contributed by atoms with E-state index < -0.39 is 22.0 Å². The Balaban J connectivity index is 2.12. The van der Waals surface area contributed by atoms with Crippen LogP contribution in [-0.4, -0.2) is 31.3 Å². The molecule has 0 unspecified atom stereocenters. The number of sulfonamides is 1. The fraction of sp³-hybridized carbons (Fsp3) is 0.176. The first-order valence-electron chi connectivity index (χ1n) is 7.33. The standard InChI is InChI=1S/C17H17NO5S2/c1-11-3-6-14(24-11)7-10-16(19)13-4-8-15(9-5-13)25(22,23)18-12(2)17(20)21/h3-10,12,18H,1-2H3,(H,20,21)/b10-7+/t12-/m0/s1. The number of aliphatic carboxylic acids is 1. The number of carbonyl (C=O) groups is 2. The number of nitrogens with one attached hydrogen (secondary N) is 1. The van der Waals surface area contributed by atoms with Gasteiger partial charge in [-0.25, -0.2) is 8.42 Å². The van der Waals surface area contributed by atoms with Crippen LogP contribution >= 0.6 is 11.3 Å². The van der Waals surface area contributed by atoms with Gasteiger partial charge in [0.1, 0.15) is 6.04 Å². The van der Waals surface area contributed by atoms with E-state index in [4.69, 9.17) is 5.11 Å². The molecule has 0 amide bonds. The van der Waals surface area contributed by atoms with Crippen molar-refractivity contribution in [2.24, 2.45) is 0 Å². The lowest BCUT2D eigenvalue weighted by molar-refractivity contribution is -0.138. The van der Waals surface area contributed by atoms with E-state index in [2.05, 4.69) is 0 Å². The number of hydrogen-bond donors (Lipinski definition) is 2. The van der Waals surface area contributed by atoms with Gasteiger partial charge in [-0.3, -0.25) is 9.59 Å². The molecule has 0 aliphatic carbocycles. The molecule has 1 aromatic carbocycles. The number of aryl methyl sites for hydroxylation is 1. The van der Waals surface area contributed by atoms with Crippen LogP contribution in [0.25, 0.3) is 6.08 Å². The number of carboxylic acids is 1. The van der Waals surface area contributed by atoms with E-state index in [0.717, 1.165) is 9.75 Å². The molecule has 1 heterocycles. The fourth-order valence-electron chi connectivity index (χ4n) is 1.95. The molecule has 0 bridgehead atoms. The van der Waals surface area contributed by atoms with Gasteiger partial charge >= 0.3 is 5.97 Å². The van der Waals surface area contributed by atoms with Crippen LogP contribution in [0.1, 0.15) is 27.0 Å². The first-order valence-corrected chi connectivity index (χ1v) is 9.63. The Labute approximate surface area is 149 Å². The first kappa shape index (κ1) is 19.0. The summed E-state index contributed by atoms with van der Waals surface area (Å²) in [4.78, 5) is 24.9. The molecule has 2 rings (SSSR count). The quantitative estimate of drug-likeness (QED) is 0.569. The minimum absolute atomic E-state index is 0.102. The highest BCUT2D eigenvalue weighted by atomic mass is 32.2. The summed E-state index contributed by atoms with van der Waals surface area (Å²) in [6.07, 6.45) is 3.14. The highest BCUT2D eigenvalue weighted by Gasteiger charge is 2.21. The van der Waals surface area contributed by atoms with Crippen LogP contribution in [0.4, 0.5) is 0 Å². The molecule has 1 aromatic heterocycles. The number of thiophene rings is 1. The van der Waals surface area contributed by atoms with Crippen LogP contribution in [-0.2, 0) is 14.8 Å². The summed E-state index contributed by atoms with van der Waals surface area (Å²) in [5.41, 5.74) is 0.342. The van der Waals surface area contributed by atoms with Gasteiger partial charge in [-0.15, -0.1) is 11.3 Å². The Bertz CT molecular complexity index is 911. The van der Waals surface area contributed by atoms with Gasteiger partial charge in [-0.2, -0.15) is 4.72 Å². The minimum atomic E-state index is -3.96. The number of benzene rings is 1. The van der Waals surface area contributed by atoms with Crippen LogP contribution in [0.3, 0.4) is 0 Å². The van der Waals surface area contributed by atoms with Gasteiger partial charge < -0.3 is 5.11 Å². The number of ketones is 1. The summed E-state index contributed by atoms with van der Waals surface area (Å²) in [5.74, 6) is -1.52. The van der Waals surface area contributed by atoms with E-state index in [1.807, 2.05) is 23.8 Å². The number of carboxylic acid groups (broad SMARTS) is 1.